The quantitative estimate of drug-likeness (QED) is 0.870. The van der Waals surface area contributed by atoms with Crippen LogP contribution in [0, 0.1) is 5.92 Å². The van der Waals surface area contributed by atoms with Gasteiger partial charge in [0.15, 0.2) is 0 Å². The molecular weight excluding hydrogens is 314 g/mol. The Kier molecular flexibility index (Phi) is 4.87. The van der Waals surface area contributed by atoms with Crippen LogP contribution in [0.1, 0.15) is 13.3 Å². The average molecular weight is 337 g/mol. The second kappa shape index (κ2) is 6.89. The fraction of sp³-hybridized carbons (Fsp3) is 0.529. The maximum atomic E-state index is 12.7. The zero-order valence-electron chi connectivity index (χ0n) is 13.4. The Labute approximate surface area is 141 Å². The van der Waals surface area contributed by atoms with Gasteiger partial charge < -0.3 is 14.7 Å². The van der Waals surface area contributed by atoms with E-state index >= 15 is 0 Å². The van der Waals surface area contributed by atoms with E-state index in [9.17, 15) is 9.59 Å². The number of carbonyl (C=O) groups excluding carboxylic acids is 2. The van der Waals surface area contributed by atoms with Crippen LogP contribution >= 0.6 is 11.6 Å². The Morgan fingerprint density at radius 3 is 2.52 bits per heavy atom. The molecule has 2 aliphatic heterocycles. The van der Waals surface area contributed by atoms with E-state index in [1.165, 1.54) is 0 Å². The van der Waals surface area contributed by atoms with Crippen molar-refractivity contribution in [3.05, 3.63) is 29.3 Å². The van der Waals surface area contributed by atoms with E-state index in [1.807, 2.05) is 17.0 Å². The summed E-state index contributed by atoms with van der Waals surface area (Å²) in [6.07, 6.45) is 0.308. The Balaban J connectivity index is 1.63. The van der Waals surface area contributed by atoms with E-state index in [2.05, 4.69) is 6.92 Å². The summed E-state index contributed by atoms with van der Waals surface area (Å²) in [7, 11) is 0. The van der Waals surface area contributed by atoms with Gasteiger partial charge in [-0.25, -0.2) is 0 Å². The molecule has 3 rings (SSSR count). The number of benzene rings is 1. The normalized spacial score (nSPS) is 22.7. The molecule has 0 spiro atoms. The lowest BCUT2D eigenvalue weighted by Gasteiger charge is -2.33. The van der Waals surface area contributed by atoms with E-state index in [0.717, 1.165) is 38.4 Å². The topological polar surface area (TPSA) is 45.1 Å². The summed E-state index contributed by atoms with van der Waals surface area (Å²) in [4.78, 5) is 30.1. The number of nitrogens with zero attached hydrogens (tertiary/aromatic N) is 2. The molecule has 0 bridgehead atoms. The Bertz CT molecular complexity index is 582. The van der Waals surface area contributed by atoms with Crippen LogP contribution in [-0.4, -0.2) is 56.0 Å². The summed E-state index contributed by atoms with van der Waals surface area (Å²) < 4.78 is 0. The van der Waals surface area contributed by atoms with Gasteiger partial charge in [-0.05, 0) is 31.2 Å². The summed E-state index contributed by atoms with van der Waals surface area (Å²) in [5.41, 5.74) is 0.815. The van der Waals surface area contributed by atoms with Gasteiger partial charge in [0.1, 0.15) is 0 Å². The minimum atomic E-state index is -0.221. The lowest BCUT2D eigenvalue weighted by atomic mass is 10.1. The molecule has 124 valence electrons. The standard InChI is InChI=1S/C17H22ClN3O2/c1-2-19-7-9-20(10-8-19)17(23)13-11-16(22)21(12-13)15-5-3-14(18)4-6-15/h3-6,13H,2,7-12H2,1H3/p+1/t13-/m0/s1. The predicted octanol–water partition coefficient (Wildman–Crippen LogP) is 0.440. The minimum absolute atomic E-state index is 0.0171. The molecule has 1 N–H and O–H groups in total. The first-order chi connectivity index (χ1) is 11.1. The average Bonchev–Trinajstić information content (AvgIpc) is 2.97. The monoisotopic (exact) mass is 336 g/mol. The third-order valence-electron chi connectivity index (χ3n) is 4.89. The highest BCUT2D eigenvalue weighted by Gasteiger charge is 2.38. The third-order valence-corrected chi connectivity index (χ3v) is 5.15. The van der Waals surface area contributed by atoms with Crippen LogP contribution in [-0.2, 0) is 9.59 Å². The van der Waals surface area contributed by atoms with Crippen molar-refractivity contribution in [2.45, 2.75) is 13.3 Å². The fourth-order valence-electron chi connectivity index (χ4n) is 3.40. The van der Waals surface area contributed by atoms with Crippen molar-refractivity contribution in [1.82, 2.24) is 4.90 Å². The molecule has 0 aliphatic carbocycles. The van der Waals surface area contributed by atoms with Crippen molar-refractivity contribution in [2.75, 3.05) is 44.2 Å². The van der Waals surface area contributed by atoms with E-state index in [0.29, 0.717) is 18.0 Å². The molecule has 2 amide bonds. The number of amides is 2. The van der Waals surface area contributed by atoms with Crippen molar-refractivity contribution in [3.8, 4) is 0 Å². The molecule has 1 atom stereocenters. The van der Waals surface area contributed by atoms with E-state index in [1.54, 1.807) is 21.9 Å². The number of hydrogen-bond acceptors (Lipinski definition) is 2. The van der Waals surface area contributed by atoms with Gasteiger partial charge >= 0.3 is 0 Å². The maximum absolute atomic E-state index is 12.7. The van der Waals surface area contributed by atoms with Crippen molar-refractivity contribution < 1.29 is 14.5 Å². The van der Waals surface area contributed by atoms with Gasteiger partial charge in [0.05, 0.1) is 38.6 Å². The second-order valence-corrected chi connectivity index (χ2v) is 6.75. The summed E-state index contributed by atoms with van der Waals surface area (Å²) in [6.45, 7) is 7.36. The summed E-state index contributed by atoms with van der Waals surface area (Å²) >= 11 is 5.89. The number of carbonyl (C=O) groups is 2. The molecule has 0 saturated carbocycles. The molecule has 2 aliphatic rings. The lowest BCUT2D eigenvalue weighted by molar-refractivity contribution is -0.902. The number of piperazine rings is 1. The van der Waals surface area contributed by atoms with Gasteiger partial charge in [-0.1, -0.05) is 11.6 Å². The van der Waals surface area contributed by atoms with Crippen LogP contribution in [0.25, 0.3) is 0 Å². The zero-order valence-corrected chi connectivity index (χ0v) is 14.2. The fourth-order valence-corrected chi connectivity index (χ4v) is 3.52. The first-order valence-corrected chi connectivity index (χ1v) is 8.64. The molecule has 2 heterocycles. The van der Waals surface area contributed by atoms with Gasteiger partial charge in [-0.2, -0.15) is 0 Å². The van der Waals surface area contributed by atoms with Crippen LogP contribution in [0.4, 0.5) is 5.69 Å². The van der Waals surface area contributed by atoms with Crippen LogP contribution in [0.15, 0.2) is 24.3 Å². The van der Waals surface area contributed by atoms with Crippen LogP contribution in [0.3, 0.4) is 0 Å². The molecule has 1 aromatic rings. The second-order valence-electron chi connectivity index (χ2n) is 6.31. The molecule has 1 aromatic carbocycles. The highest BCUT2D eigenvalue weighted by atomic mass is 35.5. The van der Waals surface area contributed by atoms with Crippen molar-refractivity contribution in [3.63, 3.8) is 0 Å². The summed E-state index contributed by atoms with van der Waals surface area (Å²) in [6, 6.07) is 7.20. The van der Waals surface area contributed by atoms with E-state index in [-0.39, 0.29) is 17.7 Å². The third kappa shape index (κ3) is 3.51. The Morgan fingerprint density at radius 2 is 1.91 bits per heavy atom. The maximum Gasteiger partial charge on any atom is 0.228 e. The van der Waals surface area contributed by atoms with Crippen LogP contribution in [0.5, 0.6) is 0 Å². The molecule has 0 aromatic heterocycles. The largest absolute Gasteiger partial charge is 0.332 e. The molecular formula is C17H23ClN3O2+. The first-order valence-electron chi connectivity index (χ1n) is 8.26. The van der Waals surface area contributed by atoms with Gasteiger partial charge in [0, 0.05) is 23.7 Å². The highest BCUT2D eigenvalue weighted by molar-refractivity contribution is 6.30. The summed E-state index contributed by atoms with van der Waals surface area (Å²) in [5.74, 6) is -0.0742. The smallest absolute Gasteiger partial charge is 0.228 e. The number of anilines is 1. The first kappa shape index (κ1) is 16.3. The Hall–Kier alpha value is -1.59. The molecule has 5 nitrogen and oxygen atoms in total. The number of halogens is 1. The van der Waals surface area contributed by atoms with Gasteiger partial charge in [0.25, 0.3) is 0 Å². The SMILES string of the molecule is CC[NH+]1CCN(C(=O)[C@H]2CC(=O)N(c3ccc(Cl)cc3)C2)CC1. The predicted molar refractivity (Wildman–Crippen MR) is 89.7 cm³/mol. The van der Waals surface area contributed by atoms with Gasteiger partial charge in [-0.3, -0.25) is 9.59 Å². The number of likely N-dealkylation sites (N-methyl/N-ethyl adjacent to an activating group) is 1. The van der Waals surface area contributed by atoms with Crippen molar-refractivity contribution in [2.24, 2.45) is 5.92 Å². The molecule has 6 heteroatoms. The molecule has 0 radical (unpaired) electrons. The van der Waals surface area contributed by atoms with E-state index < -0.39 is 0 Å². The molecule has 2 fully saturated rings. The lowest BCUT2D eigenvalue weighted by Crippen LogP contribution is -3.14. The molecule has 2 saturated heterocycles. The summed E-state index contributed by atoms with van der Waals surface area (Å²) in [5, 5.41) is 0.643. The van der Waals surface area contributed by atoms with Crippen LogP contribution in [0.2, 0.25) is 5.02 Å². The Morgan fingerprint density at radius 1 is 1.26 bits per heavy atom. The number of quaternary nitrogens is 1. The number of rotatable bonds is 3. The molecule has 0 unspecified atom stereocenters. The van der Waals surface area contributed by atoms with Crippen molar-refractivity contribution >= 4 is 29.1 Å². The molecule has 23 heavy (non-hydrogen) atoms. The van der Waals surface area contributed by atoms with Crippen molar-refractivity contribution in [1.29, 1.82) is 0 Å². The zero-order chi connectivity index (χ0) is 16.4. The highest BCUT2D eigenvalue weighted by Crippen LogP contribution is 2.27. The van der Waals surface area contributed by atoms with Crippen LogP contribution < -0.4 is 9.80 Å². The van der Waals surface area contributed by atoms with E-state index in [4.69, 9.17) is 11.6 Å². The number of nitrogens with one attached hydrogen (secondary N) is 1. The number of hydrogen-bond donors (Lipinski definition) is 1. The minimum Gasteiger partial charge on any atom is -0.332 e. The van der Waals surface area contributed by atoms with Gasteiger partial charge in [-0.15, -0.1) is 0 Å². The van der Waals surface area contributed by atoms with Gasteiger partial charge in [0.2, 0.25) is 11.8 Å².